The third-order valence-electron chi connectivity index (χ3n) is 3.59. The number of piperazine rings is 1. The Hall–Kier alpha value is -1.06. The highest BCUT2D eigenvalue weighted by molar-refractivity contribution is 6.33. The number of nitrogens with zero attached hydrogens (tertiary/aromatic N) is 2. The van der Waals surface area contributed by atoms with Gasteiger partial charge in [0.25, 0.3) is 5.91 Å². The van der Waals surface area contributed by atoms with Crippen LogP contribution >= 0.6 is 11.6 Å². The lowest BCUT2D eigenvalue weighted by Gasteiger charge is -2.34. The van der Waals surface area contributed by atoms with E-state index in [9.17, 15) is 4.79 Å². The maximum atomic E-state index is 12.4. The fourth-order valence-corrected chi connectivity index (χ4v) is 2.58. The van der Waals surface area contributed by atoms with Crippen LogP contribution in [0.1, 0.15) is 30.1 Å². The molecule has 3 nitrogen and oxygen atoms in total. The van der Waals surface area contributed by atoms with E-state index >= 15 is 0 Å². The van der Waals surface area contributed by atoms with Crippen molar-refractivity contribution in [2.24, 2.45) is 0 Å². The smallest absolute Gasteiger partial charge is 0.255 e. The molecule has 1 amide bonds. The van der Waals surface area contributed by atoms with Gasteiger partial charge in [0.05, 0.1) is 10.6 Å². The average Bonchev–Trinajstić information content (AvgIpc) is 2.45. The number of halogens is 1. The van der Waals surface area contributed by atoms with Crippen LogP contribution in [0.2, 0.25) is 5.02 Å². The minimum Gasteiger partial charge on any atom is -0.336 e. The Morgan fingerprint density at radius 3 is 2.53 bits per heavy atom. The zero-order valence-electron chi connectivity index (χ0n) is 11.4. The number of unbranched alkanes of at least 4 members (excludes halogenated alkanes) is 1. The van der Waals surface area contributed by atoms with Gasteiger partial charge >= 0.3 is 0 Å². The highest BCUT2D eigenvalue weighted by Gasteiger charge is 2.22. The molecule has 0 atom stereocenters. The number of carbonyl (C=O) groups is 1. The van der Waals surface area contributed by atoms with Crippen LogP contribution in [0.4, 0.5) is 0 Å². The summed E-state index contributed by atoms with van der Waals surface area (Å²) >= 11 is 6.08. The molecule has 0 aliphatic carbocycles. The van der Waals surface area contributed by atoms with Gasteiger partial charge in [0, 0.05) is 26.2 Å². The normalized spacial score (nSPS) is 16.6. The van der Waals surface area contributed by atoms with Gasteiger partial charge in [0.1, 0.15) is 0 Å². The summed E-state index contributed by atoms with van der Waals surface area (Å²) in [5.41, 5.74) is 0.617. The highest BCUT2D eigenvalue weighted by atomic mass is 35.5. The molecular weight excluding hydrogens is 260 g/mol. The van der Waals surface area contributed by atoms with Gasteiger partial charge in [-0.15, -0.1) is 0 Å². The number of carbonyl (C=O) groups excluding carboxylic acids is 1. The Balaban J connectivity index is 1.91. The van der Waals surface area contributed by atoms with Gasteiger partial charge in [-0.05, 0) is 25.1 Å². The average molecular weight is 281 g/mol. The maximum Gasteiger partial charge on any atom is 0.255 e. The molecule has 1 fully saturated rings. The monoisotopic (exact) mass is 280 g/mol. The number of hydrogen-bond donors (Lipinski definition) is 0. The Morgan fingerprint density at radius 1 is 1.21 bits per heavy atom. The summed E-state index contributed by atoms with van der Waals surface area (Å²) in [7, 11) is 0. The van der Waals surface area contributed by atoms with Gasteiger partial charge in [0.15, 0.2) is 0 Å². The third-order valence-corrected chi connectivity index (χ3v) is 3.92. The topological polar surface area (TPSA) is 23.6 Å². The lowest BCUT2D eigenvalue weighted by molar-refractivity contribution is 0.0636. The number of hydrogen-bond acceptors (Lipinski definition) is 2. The van der Waals surface area contributed by atoms with E-state index < -0.39 is 0 Å². The van der Waals surface area contributed by atoms with E-state index in [1.165, 1.54) is 12.8 Å². The summed E-state index contributed by atoms with van der Waals surface area (Å²) in [6, 6.07) is 7.28. The summed E-state index contributed by atoms with van der Waals surface area (Å²) in [6.45, 7) is 6.88. The first-order valence-electron chi connectivity index (χ1n) is 6.98. The fourth-order valence-electron chi connectivity index (χ4n) is 2.36. The van der Waals surface area contributed by atoms with Gasteiger partial charge < -0.3 is 4.90 Å². The van der Waals surface area contributed by atoms with E-state index in [-0.39, 0.29) is 5.91 Å². The van der Waals surface area contributed by atoms with Crippen LogP contribution in [0.3, 0.4) is 0 Å². The molecule has 0 N–H and O–H groups in total. The molecule has 1 aliphatic rings. The molecule has 104 valence electrons. The Morgan fingerprint density at radius 2 is 1.89 bits per heavy atom. The second-order valence-corrected chi connectivity index (χ2v) is 5.37. The van der Waals surface area contributed by atoms with Crippen molar-refractivity contribution in [3.8, 4) is 0 Å². The second kappa shape index (κ2) is 6.92. The molecule has 0 saturated carbocycles. The molecule has 1 aromatic rings. The summed E-state index contributed by atoms with van der Waals surface area (Å²) in [5.74, 6) is 0.0562. The zero-order chi connectivity index (χ0) is 13.7. The van der Waals surface area contributed by atoms with Crippen molar-refractivity contribution in [1.29, 1.82) is 0 Å². The molecule has 0 aromatic heterocycles. The second-order valence-electron chi connectivity index (χ2n) is 4.97. The maximum absolute atomic E-state index is 12.4. The lowest BCUT2D eigenvalue weighted by Crippen LogP contribution is -2.48. The van der Waals surface area contributed by atoms with E-state index in [2.05, 4.69) is 11.8 Å². The van der Waals surface area contributed by atoms with Crippen molar-refractivity contribution in [3.63, 3.8) is 0 Å². The van der Waals surface area contributed by atoms with Crippen molar-refractivity contribution in [3.05, 3.63) is 34.9 Å². The first-order chi connectivity index (χ1) is 9.22. The van der Waals surface area contributed by atoms with Crippen molar-refractivity contribution in [2.75, 3.05) is 32.7 Å². The van der Waals surface area contributed by atoms with Crippen molar-refractivity contribution in [1.82, 2.24) is 9.80 Å². The highest BCUT2D eigenvalue weighted by Crippen LogP contribution is 2.18. The molecule has 1 aliphatic heterocycles. The number of rotatable bonds is 4. The Labute approximate surface area is 120 Å². The quantitative estimate of drug-likeness (QED) is 0.847. The lowest BCUT2D eigenvalue weighted by atomic mass is 10.1. The van der Waals surface area contributed by atoms with E-state index in [4.69, 9.17) is 11.6 Å². The molecule has 0 radical (unpaired) electrons. The molecule has 19 heavy (non-hydrogen) atoms. The van der Waals surface area contributed by atoms with Gasteiger partial charge in [-0.1, -0.05) is 37.1 Å². The number of amides is 1. The summed E-state index contributed by atoms with van der Waals surface area (Å²) in [5, 5.41) is 0.543. The molecule has 1 aromatic carbocycles. The molecule has 0 bridgehead atoms. The standard InChI is InChI=1S/C15H21ClN2O/c1-2-3-8-17-9-11-18(12-10-17)15(19)13-6-4-5-7-14(13)16/h4-7H,2-3,8-12H2,1H3. The minimum atomic E-state index is 0.0562. The van der Waals surface area contributed by atoms with Crippen LogP contribution in [0, 0.1) is 0 Å². The van der Waals surface area contributed by atoms with Crippen LogP contribution in [-0.2, 0) is 0 Å². The van der Waals surface area contributed by atoms with E-state index in [0.29, 0.717) is 10.6 Å². The van der Waals surface area contributed by atoms with Crippen molar-refractivity contribution in [2.45, 2.75) is 19.8 Å². The van der Waals surface area contributed by atoms with Crippen molar-refractivity contribution >= 4 is 17.5 Å². The molecule has 2 rings (SSSR count). The fraction of sp³-hybridized carbons (Fsp3) is 0.533. The van der Waals surface area contributed by atoms with Gasteiger partial charge in [-0.25, -0.2) is 0 Å². The Kier molecular flexibility index (Phi) is 5.23. The first kappa shape index (κ1) is 14.4. The molecule has 1 saturated heterocycles. The minimum absolute atomic E-state index is 0.0562. The van der Waals surface area contributed by atoms with E-state index in [1.54, 1.807) is 12.1 Å². The van der Waals surface area contributed by atoms with Gasteiger partial charge in [0.2, 0.25) is 0 Å². The summed E-state index contributed by atoms with van der Waals surface area (Å²) < 4.78 is 0. The molecule has 0 unspecified atom stereocenters. The van der Waals surface area contributed by atoms with Gasteiger partial charge in [-0.2, -0.15) is 0 Å². The molecular formula is C15H21ClN2O. The van der Waals surface area contributed by atoms with E-state index in [0.717, 1.165) is 32.7 Å². The zero-order valence-corrected chi connectivity index (χ0v) is 12.2. The largest absolute Gasteiger partial charge is 0.336 e. The van der Waals surface area contributed by atoms with E-state index in [1.807, 2.05) is 17.0 Å². The molecule has 1 heterocycles. The van der Waals surface area contributed by atoms with Gasteiger partial charge in [-0.3, -0.25) is 9.69 Å². The summed E-state index contributed by atoms with van der Waals surface area (Å²) in [6.07, 6.45) is 2.46. The number of benzene rings is 1. The predicted molar refractivity (Wildman–Crippen MR) is 78.7 cm³/mol. The molecule has 0 spiro atoms. The first-order valence-corrected chi connectivity index (χ1v) is 7.36. The SMILES string of the molecule is CCCCN1CCN(C(=O)c2ccccc2Cl)CC1. The summed E-state index contributed by atoms with van der Waals surface area (Å²) in [4.78, 5) is 16.7. The van der Waals surface area contributed by atoms with Crippen LogP contribution in [-0.4, -0.2) is 48.4 Å². The Bertz CT molecular complexity index is 428. The van der Waals surface area contributed by atoms with Crippen LogP contribution in [0.15, 0.2) is 24.3 Å². The predicted octanol–water partition coefficient (Wildman–Crippen LogP) is 2.90. The van der Waals surface area contributed by atoms with Crippen LogP contribution in [0.25, 0.3) is 0 Å². The molecule has 4 heteroatoms. The third kappa shape index (κ3) is 3.71. The van der Waals surface area contributed by atoms with Crippen molar-refractivity contribution < 1.29 is 4.79 Å². The van der Waals surface area contributed by atoms with Crippen LogP contribution in [0.5, 0.6) is 0 Å². The van der Waals surface area contributed by atoms with Crippen LogP contribution < -0.4 is 0 Å².